The minimum Gasteiger partial charge on any atom is -0.507 e. The SMILES string of the molecule is Cc1ccc2c(N3CCC(N)CC3)nc(-c3ccccc3O)nc2c1.Cc1ccc2c(N3CCC(NC(=O)OCc4cccc5c4OCO5)CC3)nc(-c3ccccc3O)nc2c1. The summed E-state index contributed by atoms with van der Waals surface area (Å²) in [6.45, 7) is 7.57. The Labute approximate surface area is 365 Å². The molecular formula is C49H50N8O6. The molecule has 2 saturated heterocycles. The Morgan fingerprint density at radius 2 is 1.24 bits per heavy atom. The van der Waals surface area contributed by atoms with Gasteiger partial charge >= 0.3 is 6.09 Å². The van der Waals surface area contributed by atoms with Crippen LogP contribution in [0.5, 0.6) is 23.0 Å². The smallest absolute Gasteiger partial charge is 0.407 e. The maximum Gasteiger partial charge on any atom is 0.407 e. The summed E-state index contributed by atoms with van der Waals surface area (Å²) in [5, 5.41) is 25.6. The summed E-state index contributed by atoms with van der Waals surface area (Å²) in [4.78, 5) is 36.2. The fourth-order valence-corrected chi connectivity index (χ4v) is 8.30. The number of rotatable bonds is 7. The van der Waals surface area contributed by atoms with Crippen LogP contribution in [0.4, 0.5) is 16.4 Å². The molecule has 5 aromatic carbocycles. The Morgan fingerprint density at radius 1 is 0.698 bits per heavy atom. The molecule has 0 atom stereocenters. The van der Waals surface area contributed by atoms with Crippen LogP contribution in [0.15, 0.2) is 103 Å². The van der Waals surface area contributed by atoms with Crippen molar-refractivity contribution in [1.82, 2.24) is 25.3 Å². The Kier molecular flexibility index (Phi) is 11.8. The van der Waals surface area contributed by atoms with E-state index in [0.29, 0.717) is 47.4 Å². The lowest BCUT2D eigenvalue weighted by Gasteiger charge is -2.33. The van der Waals surface area contributed by atoms with Crippen molar-refractivity contribution in [3.63, 3.8) is 0 Å². The van der Waals surface area contributed by atoms with Gasteiger partial charge in [0.2, 0.25) is 6.79 Å². The van der Waals surface area contributed by atoms with E-state index in [0.717, 1.165) is 88.9 Å². The molecule has 0 saturated carbocycles. The molecule has 5 heterocycles. The second-order valence-electron chi connectivity index (χ2n) is 16.3. The van der Waals surface area contributed by atoms with Crippen LogP contribution >= 0.6 is 0 Å². The van der Waals surface area contributed by atoms with E-state index in [2.05, 4.69) is 46.3 Å². The van der Waals surface area contributed by atoms with Gasteiger partial charge in [-0.2, -0.15) is 0 Å². The van der Waals surface area contributed by atoms with Gasteiger partial charge in [0.15, 0.2) is 23.1 Å². The summed E-state index contributed by atoms with van der Waals surface area (Å²) >= 11 is 0. The lowest BCUT2D eigenvalue weighted by Crippen LogP contribution is -2.45. The highest BCUT2D eigenvalue weighted by atomic mass is 16.7. The minimum atomic E-state index is -0.454. The van der Waals surface area contributed by atoms with Crippen molar-refractivity contribution in [2.45, 2.75) is 58.2 Å². The van der Waals surface area contributed by atoms with Crippen molar-refractivity contribution in [3.05, 3.63) is 120 Å². The number of nitrogens with zero attached hydrogens (tertiary/aromatic N) is 6. The molecule has 0 radical (unpaired) electrons. The van der Waals surface area contributed by atoms with E-state index >= 15 is 0 Å². The standard InChI is InChI=1S/C29H28N4O5.C20H22N4O/c1-18-9-10-21-23(15-18)31-27(22-6-2-3-7-24(22)34)32-28(21)33-13-11-20(12-14-33)30-29(35)36-16-19-5-4-8-25-26(19)38-17-37-25;1-13-6-7-15-17(12-13)22-19(16-4-2-3-5-18(16)25)23-20(15)24-10-8-14(21)9-11-24/h2-10,15,20,34H,11-14,16-17H2,1H3,(H,30,35);2-7,12,14,25H,8-11,21H2,1H3. The Morgan fingerprint density at radius 3 is 1.79 bits per heavy atom. The summed E-state index contributed by atoms with van der Waals surface area (Å²) in [5.74, 6) is 4.43. The quantitative estimate of drug-likeness (QED) is 0.121. The molecule has 63 heavy (non-hydrogen) atoms. The van der Waals surface area contributed by atoms with Crippen molar-refractivity contribution in [2.75, 3.05) is 42.8 Å². The van der Waals surface area contributed by atoms with E-state index in [4.69, 9.17) is 39.9 Å². The first kappa shape index (κ1) is 41.2. The Balaban J connectivity index is 0.000000174. The molecule has 14 heteroatoms. The molecule has 2 aromatic heterocycles. The van der Waals surface area contributed by atoms with Crippen LogP contribution in [0, 0.1) is 13.8 Å². The summed E-state index contributed by atoms with van der Waals surface area (Å²) in [6.07, 6.45) is 2.96. The van der Waals surface area contributed by atoms with Gasteiger partial charge in [0.05, 0.1) is 22.2 Å². The molecule has 5 N–H and O–H groups in total. The molecule has 0 unspecified atom stereocenters. The van der Waals surface area contributed by atoms with E-state index in [-0.39, 0.29) is 37.0 Å². The number of aromatic hydroxyl groups is 2. The summed E-state index contributed by atoms with van der Waals surface area (Å²) in [7, 11) is 0. The number of phenolic OH excluding ortho intramolecular Hbond substituents is 2. The van der Waals surface area contributed by atoms with Crippen molar-refractivity contribution in [2.24, 2.45) is 5.73 Å². The van der Waals surface area contributed by atoms with E-state index < -0.39 is 6.09 Å². The molecule has 0 spiro atoms. The average Bonchev–Trinajstić information content (AvgIpc) is 3.79. The number of ether oxygens (including phenoxy) is 3. The van der Waals surface area contributed by atoms with Gasteiger partial charge in [-0.15, -0.1) is 0 Å². The number of para-hydroxylation sites is 3. The number of carbonyl (C=O) groups is 1. The van der Waals surface area contributed by atoms with Crippen LogP contribution in [0.2, 0.25) is 0 Å². The number of hydrogen-bond acceptors (Lipinski definition) is 13. The molecule has 3 aliphatic heterocycles. The minimum absolute atomic E-state index is 0.00666. The van der Waals surface area contributed by atoms with Gasteiger partial charge in [-0.05, 0) is 105 Å². The third kappa shape index (κ3) is 9.07. The molecule has 2 fully saturated rings. The second kappa shape index (κ2) is 18.0. The third-order valence-electron chi connectivity index (χ3n) is 11.7. The molecule has 14 nitrogen and oxygen atoms in total. The van der Waals surface area contributed by atoms with Crippen LogP contribution in [-0.2, 0) is 11.3 Å². The predicted molar refractivity (Wildman–Crippen MR) is 243 cm³/mol. The molecule has 10 rings (SSSR count). The zero-order valence-corrected chi connectivity index (χ0v) is 35.3. The number of alkyl carbamates (subject to hydrolysis) is 1. The number of carbonyl (C=O) groups excluding carboxylic acids is 1. The number of anilines is 2. The van der Waals surface area contributed by atoms with Gasteiger partial charge in [-0.25, -0.2) is 24.7 Å². The number of hydrogen-bond donors (Lipinski definition) is 4. The van der Waals surface area contributed by atoms with Crippen LogP contribution in [0.25, 0.3) is 44.6 Å². The zero-order chi connectivity index (χ0) is 43.5. The summed E-state index contributed by atoms with van der Waals surface area (Å²) in [5.41, 5.74) is 12.1. The van der Waals surface area contributed by atoms with Crippen LogP contribution < -0.4 is 30.3 Å². The number of phenols is 2. The molecule has 0 bridgehead atoms. The van der Waals surface area contributed by atoms with Crippen LogP contribution in [0.3, 0.4) is 0 Å². The topological polar surface area (TPSA) is 181 Å². The van der Waals surface area contributed by atoms with Crippen LogP contribution in [-0.4, -0.2) is 81.3 Å². The van der Waals surface area contributed by atoms with E-state index in [1.54, 1.807) is 24.3 Å². The van der Waals surface area contributed by atoms with Gasteiger partial charge in [-0.3, -0.25) is 0 Å². The second-order valence-corrected chi connectivity index (χ2v) is 16.3. The van der Waals surface area contributed by atoms with Gasteiger partial charge in [0, 0.05) is 54.6 Å². The number of amides is 1. The fourth-order valence-electron chi connectivity index (χ4n) is 8.30. The molecule has 0 aliphatic carbocycles. The number of aryl methyl sites for hydroxylation is 2. The van der Waals surface area contributed by atoms with Gasteiger partial charge in [0.25, 0.3) is 0 Å². The fraction of sp³-hybridized carbons (Fsp3) is 0.286. The number of piperidine rings is 2. The zero-order valence-electron chi connectivity index (χ0n) is 35.3. The van der Waals surface area contributed by atoms with E-state index in [9.17, 15) is 15.0 Å². The van der Waals surface area contributed by atoms with Crippen molar-refractivity contribution in [3.8, 4) is 45.8 Å². The van der Waals surface area contributed by atoms with Crippen molar-refractivity contribution in [1.29, 1.82) is 0 Å². The number of benzene rings is 5. The summed E-state index contributed by atoms with van der Waals surface area (Å²) < 4.78 is 16.3. The van der Waals surface area contributed by atoms with Gasteiger partial charge < -0.3 is 45.3 Å². The normalized spacial score (nSPS) is 15.3. The van der Waals surface area contributed by atoms with E-state index in [1.807, 2.05) is 61.5 Å². The largest absolute Gasteiger partial charge is 0.507 e. The van der Waals surface area contributed by atoms with Gasteiger partial charge in [0.1, 0.15) is 29.7 Å². The third-order valence-corrected chi connectivity index (χ3v) is 11.7. The molecule has 322 valence electrons. The van der Waals surface area contributed by atoms with Gasteiger partial charge in [-0.1, -0.05) is 48.5 Å². The first-order chi connectivity index (χ1) is 30.7. The van der Waals surface area contributed by atoms with Crippen LogP contribution in [0.1, 0.15) is 42.4 Å². The number of aromatic nitrogens is 4. The first-order valence-corrected chi connectivity index (χ1v) is 21.4. The molecule has 7 aromatic rings. The number of nitrogens with one attached hydrogen (secondary N) is 1. The Bertz CT molecular complexity index is 2790. The predicted octanol–water partition coefficient (Wildman–Crippen LogP) is 8.17. The average molecular weight is 847 g/mol. The lowest BCUT2D eigenvalue weighted by atomic mass is 10.0. The Hall–Kier alpha value is -7.19. The highest BCUT2D eigenvalue weighted by Crippen LogP contribution is 2.37. The van der Waals surface area contributed by atoms with Crippen molar-refractivity contribution < 1.29 is 29.2 Å². The highest BCUT2D eigenvalue weighted by Gasteiger charge is 2.26. The number of fused-ring (bicyclic) bond motifs is 3. The maximum atomic E-state index is 12.5. The molecule has 1 amide bonds. The molecule has 3 aliphatic rings. The number of nitrogens with two attached hydrogens (primary N) is 1. The lowest BCUT2D eigenvalue weighted by molar-refractivity contribution is 0.131. The molecular weight excluding hydrogens is 797 g/mol. The maximum absolute atomic E-state index is 12.5. The van der Waals surface area contributed by atoms with E-state index in [1.165, 1.54) is 0 Å². The first-order valence-electron chi connectivity index (χ1n) is 21.4. The highest BCUT2D eigenvalue weighted by molar-refractivity contribution is 5.93. The van der Waals surface area contributed by atoms with Crippen molar-refractivity contribution >= 4 is 39.5 Å². The monoisotopic (exact) mass is 846 g/mol. The summed E-state index contributed by atoms with van der Waals surface area (Å²) in [6, 6.07) is 32.5.